The lowest BCUT2D eigenvalue weighted by atomic mass is 10.2. The number of fused-ring (bicyclic) bond motifs is 1. The molecular formula is C12H14N2O3. The fourth-order valence-electron chi connectivity index (χ4n) is 1.88. The molecule has 1 aliphatic heterocycles. The summed E-state index contributed by atoms with van der Waals surface area (Å²) < 4.78 is 0. The summed E-state index contributed by atoms with van der Waals surface area (Å²) in [6.45, 7) is 0.539. The van der Waals surface area contributed by atoms with Gasteiger partial charge in [0, 0.05) is 19.3 Å². The van der Waals surface area contributed by atoms with E-state index in [-0.39, 0.29) is 24.1 Å². The van der Waals surface area contributed by atoms with Crippen molar-refractivity contribution < 1.29 is 14.7 Å². The number of hydrogen-bond donors (Lipinski definition) is 1. The number of aliphatic hydroxyl groups is 1. The van der Waals surface area contributed by atoms with Crippen LogP contribution in [0, 0.1) is 0 Å². The molecule has 5 nitrogen and oxygen atoms in total. The number of pyridine rings is 1. The molecule has 0 aliphatic carbocycles. The van der Waals surface area contributed by atoms with Crippen LogP contribution in [0.3, 0.4) is 0 Å². The highest BCUT2D eigenvalue weighted by atomic mass is 16.3. The Kier molecular flexibility index (Phi) is 3.49. The zero-order chi connectivity index (χ0) is 12.3. The number of amides is 2. The van der Waals surface area contributed by atoms with Gasteiger partial charge in [-0.2, -0.15) is 0 Å². The van der Waals surface area contributed by atoms with Crippen molar-refractivity contribution in [3.05, 3.63) is 29.6 Å². The Hall–Kier alpha value is -1.75. The molecule has 17 heavy (non-hydrogen) atoms. The number of hydrogen-bond acceptors (Lipinski definition) is 4. The highest BCUT2D eigenvalue weighted by molar-refractivity contribution is 6.20. The van der Waals surface area contributed by atoms with Crippen molar-refractivity contribution in [1.29, 1.82) is 0 Å². The van der Waals surface area contributed by atoms with Gasteiger partial charge in [0.05, 0.1) is 5.56 Å². The lowest BCUT2D eigenvalue weighted by Gasteiger charge is -2.12. The Morgan fingerprint density at radius 1 is 1.18 bits per heavy atom. The molecule has 1 aromatic rings. The topological polar surface area (TPSA) is 70.5 Å². The van der Waals surface area contributed by atoms with Crippen LogP contribution in [-0.2, 0) is 0 Å². The predicted octanol–water partition coefficient (Wildman–Crippen LogP) is 0.840. The van der Waals surface area contributed by atoms with Crippen LogP contribution >= 0.6 is 0 Å². The lowest BCUT2D eigenvalue weighted by molar-refractivity contribution is 0.0649. The zero-order valence-corrected chi connectivity index (χ0v) is 9.43. The van der Waals surface area contributed by atoms with Gasteiger partial charge < -0.3 is 5.11 Å². The van der Waals surface area contributed by atoms with Crippen molar-refractivity contribution >= 4 is 11.8 Å². The number of carbonyl (C=O) groups is 2. The average molecular weight is 234 g/mol. The first kappa shape index (κ1) is 11.7. The van der Waals surface area contributed by atoms with Crippen LogP contribution in [-0.4, -0.2) is 40.0 Å². The number of unbranched alkanes of at least 4 members (excludes halogenated alkanes) is 2. The minimum Gasteiger partial charge on any atom is -0.396 e. The van der Waals surface area contributed by atoms with Crippen molar-refractivity contribution in [2.45, 2.75) is 19.3 Å². The van der Waals surface area contributed by atoms with Gasteiger partial charge in [0.25, 0.3) is 11.8 Å². The van der Waals surface area contributed by atoms with E-state index in [2.05, 4.69) is 4.98 Å². The summed E-state index contributed by atoms with van der Waals surface area (Å²) in [6, 6.07) is 3.27. The van der Waals surface area contributed by atoms with E-state index in [1.54, 1.807) is 12.1 Å². The quantitative estimate of drug-likeness (QED) is 0.605. The van der Waals surface area contributed by atoms with Crippen LogP contribution in [0.5, 0.6) is 0 Å². The summed E-state index contributed by atoms with van der Waals surface area (Å²) in [7, 11) is 0. The van der Waals surface area contributed by atoms with E-state index in [9.17, 15) is 9.59 Å². The molecule has 90 valence electrons. The van der Waals surface area contributed by atoms with Crippen LogP contribution in [0.15, 0.2) is 18.3 Å². The number of aromatic nitrogens is 1. The smallest absolute Gasteiger partial charge is 0.280 e. The number of carbonyl (C=O) groups excluding carboxylic acids is 2. The van der Waals surface area contributed by atoms with Crippen LogP contribution in [0.1, 0.15) is 40.1 Å². The molecule has 1 N–H and O–H groups in total. The van der Waals surface area contributed by atoms with Gasteiger partial charge in [-0.3, -0.25) is 19.5 Å². The Labute approximate surface area is 99.1 Å². The second-order valence-corrected chi connectivity index (χ2v) is 3.95. The van der Waals surface area contributed by atoms with Crippen molar-refractivity contribution in [3.63, 3.8) is 0 Å². The molecule has 1 aromatic heterocycles. The van der Waals surface area contributed by atoms with Crippen LogP contribution in [0.4, 0.5) is 0 Å². The minimum atomic E-state index is -0.311. The van der Waals surface area contributed by atoms with Crippen molar-refractivity contribution in [2.75, 3.05) is 13.2 Å². The van der Waals surface area contributed by atoms with Crippen LogP contribution < -0.4 is 0 Å². The first-order chi connectivity index (χ1) is 8.25. The molecule has 0 radical (unpaired) electrons. The highest BCUT2D eigenvalue weighted by Gasteiger charge is 2.35. The van der Waals surface area contributed by atoms with E-state index in [1.165, 1.54) is 11.1 Å². The Bertz CT molecular complexity index is 410. The molecule has 2 rings (SSSR count). The van der Waals surface area contributed by atoms with E-state index in [4.69, 9.17) is 5.11 Å². The predicted molar refractivity (Wildman–Crippen MR) is 60.5 cm³/mol. The number of rotatable bonds is 5. The molecule has 0 unspecified atom stereocenters. The van der Waals surface area contributed by atoms with E-state index in [0.29, 0.717) is 24.9 Å². The van der Waals surface area contributed by atoms with Gasteiger partial charge >= 0.3 is 0 Å². The first-order valence-electron chi connectivity index (χ1n) is 5.68. The second kappa shape index (κ2) is 5.05. The van der Waals surface area contributed by atoms with Crippen molar-refractivity contribution in [1.82, 2.24) is 9.88 Å². The molecule has 0 saturated carbocycles. The third-order valence-corrected chi connectivity index (χ3v) is 2.77. The first-order valence-corrected chi connectivity index (χ1v) is 5.68. The molecule has 0 fully saturated rings. The van der Waals surface area contributed by atoms with Gasteiger partial charge in [0.15, 0.2) is 0 Å². The van der Waals surface area contributed by atoms with Gasteiger partial charge in [-0.25, -0.2) is 0 Å². The van der Waals surface area contributed by atoms with Crippen molar-refractivity contribution in [3.8, 4) is 0 Å². The fourth-order valence-corrected chi connectivity index (χ4v) is 1.88. The number of nitrogens with zero attached hydrogens (tertiary/aromatic N) is 2. The maximum absolute atomic E-state index is 11.9. The third kappa shape index (κ3) is 2.19. The maximum Gasteiger partial charge on any atom is 0.280 e. The Morgan fingerprint density at radius 3 is 2.71 bits per heavy atom. The van der Waals surface area contributed by atoms with Gasteiger partial charge in [-0.15, -0.1) is 0 Å². The fraction of sp³-hybridized carbons (Fsp3) is 0.417. The standard InChI is InChI=1S/C12H14N2O3/c15-8-3-1-2-7-14-11(16)9-5-4-6-13-10(9)12(14)17/h4-6,15H,1-3,7-8H2. The normalized spacial score (nSPS) is 14.3. The monoisotopic (exact) mass is 234 g/mol. The maximum atomic E-state index is 11.9. The van der Waals surface area contributed by atoms with Gasteiger partial charge in [-0.05, 0) is 31.4 Å². The van der Waals surface area contributed by atoms with E-state index in [0.717, 1.165) is 6.42 Å². The molecule has 0 atom stereocenters. The Morgan fingerprint density at radius 2 is 2.00 bits per heavy atom. The van der Waals surface area contributed by atoms with Crippen LogP contribution in [0.25, 0.3) is 0 Å². The second-order valence-electron chi connectivity index (χ2n) is 3.95. The summed E-state index contributed by atoms with van der Waals surface area (Å²) in [6.07, 6.45) is 3.73. The van der Waals surface area contributed by atoms with Gasteiger partial charge in [0.2, 0.25) is 0 Å². The number of aliphatic hydroxyl groups excluding tert-OH is 1. The summed E-state index contributed by atoms with van der Waals surface area (Å²) in [5.74, 6) is -0.573. The van der Waals surface area contributed by atoms with E-state index >= 15 is 0 Å². The summed E-state index contributed by atoms with van der Waals surface area (Å²) in [5.41, 5.74) is 0.638. The van der Waals surface area contributed by atoms with Crippen molar-refractivity contribution in [2.24, 2.45) is 0 Å². The van der Waals surface area contributed by atoms with E-state index < -0.39 is 0 Å². The average Bonchev–Trinajstić information content (AvgIpc) is 2.60. The largest absolute Gasteiger partial charge is 0.396 e. The SMILES string of the molecule is O=C1c2cccnc2C(=O)N1CCCCCO. The number of imide groups is 1. The molecule has 0 bridgehead atoms. The van der Waals surface area contributed by atoms with Gasteiger partial charge in [-0.1, -0.05) is 0 Å². The molecule has 0 spiro atoms. The molecular weight excluding hydrogens is 220 g/mol. The molecule has 0 aromatic carbocycles. The zero-order valence-electron chi connectivity index (χ0n) is 9.43. The minimum absolute atomic E-state index is 0.143. The highest BCUT2D eigenvalue weighted by Crippen LogP contribution is 2.20. The summed E-state index contributed by atoms with van der Waals surface area (Å²) >= 11 is 0. The summed E-state index contributed by atoms with van der Waals surface area (Å²) in [4.78, 5) is 28.9. The van der Waals surface area contributed by atoms with Crippen LogP contribution in [0.2, 0.25) is 0 Å². The van der Waals surface area contributed by atoms with E-state index in [1.807, 2.05) is 0 Å². The third-order valence-electron chi connectivity index (χ3n) is 2.77. The van der Waals surface area contributed by atoms with Gasteiger partial charge in [0.1, 0.15) is 5.69 Å². The molecule has 2 heterocycles. The lowest BCUT2D eigenvalue weighted by Crippen LogP contribution is -2.30. The molecule has 1 aliphatic rings. The molecule has 0 saturated heterocycles. The summed E-state index contributed by atoms with van der Waals surface area (Å²) in [5, 5.41) is 8.65. The molecule has 5 heteroatoms. The Balaban J connectivity index is 2.03. The molecule has 2 amide bonds.